The topological polar surface area (TPSA) is 0 Å². The lowest BCUT2D eigenvalue weighted by atomic mass is 9.64. The number of halogens is 2. The molecule has 2 heteroatoms. The second kappa shape index (κ2) is 8.81. The molecule has 0 heterocycles. The predicted octanol–water partition coefficient (Wildman–Crippen LogP) is 8.07. The smallest absolute Gasteiger partial charge is 0.134 e. The summed E-state index contributed by atoms with van der Waals surface area (Å²) in [5.74, 6) is 1.83. The molecule has 2 aromatic rings. The van der Waals surface area contributed by atoms with Gasteiger partial charge in [0.05, 0.1) is 5.56 Å². The van der Waals surface area contributed by atoms with Crippen molar-refractivity contribution in [1.29, 1.82) is 0 Å². The van der Waals surface area contributed by atoms with Crippen LogP contribution in [0.2, 0.25) is 0 Å². The van der Waals surface area contributed by atoms with Gasteiger partial charge in [-0.25, -0.2) is 8.78 Å². The fourth-order valence-electron chi connectivity index (χ4n) is 5.64. The highest BCUT2D eigenvalue weighted by atomic mass is 19.1. The maximum absolute atomic E-state index is 15.0. The Morgan fingerprint density at radius 1 is 0.931 bits per heavy atom. The summed E-state index contributed by atoms with van der Waals surface area (Å²) in [4.78, 5) is 0. The molecule has 0 aliphatic heterocycles. The average molecular weight is 395 g/mol. The van der Waals surface area contributed by atoms with Gasteiger partial charge in [0.1, 0.15) is 11.6 Å². The quantitative estimate of drug-likeness (QED) is 0.450. The Labute approximate surface area is 174 Å². The third-order valence-corrected chi connectivity index (χ3v) is 7.29. The van der Waals surface area contributed by atoms with Gasteiger partial charge in [-0.2, -0.15) is 0 Å². The molecule has 4 atom stereocenters. The molecule has 29 heavy (non-hydrogen) atoms. The Balaban J connectivity index is 1.52. The summed E-state index contributed by atoms with van der Waals surface area (Å²) in [5.41, 5.74) is 2.72. The van der Waals surface area contributed by atoms with Crippen LogP contribution < -0.4 is 0 Å². The van der Waals surface area contributed by atoms with E-state index in [1.54, 1.807) is 12.1 Å². The molecular formula is C27H32F2. The standard InChI is InChI=1S/C27H32F2/c1-3-4-5-19-7-10-20(11-8-19)27-25(28)16-24(17-26(27)29)23-13-12-21-14-18(2)6-9-22(21)15-23/h3,7-8,10-11,16-18,21-23H,1,4-6,9,12-15H2,2H3. The van der Waals surface area contributed by atoms with Crippen molar-refractivity contribution in [3.63, 3.8) is 0 Å². The van der Waals surface area contributed by atoms with Crippen LogP contribution in [0, 0.1) is 29.4 Å². The number of rotatable bonds is 5. The van der Waals surface area contributed by atoms with Crippen LogP contribution in [0.5, 0.6) is 0 Å². The van der Waals surface area contributed by atoms with Gasteiger partial charge < -0.3 is 0 Å². The van der Waals surface area contributed by atoms with Gasteiger partial charge in [-0.3, -0.25) is 0 Å². The summed E-state index contributed by atoms with van der Waals surface area (Å²) in [6.45, 7) is 6.10. The van der Waals surface area contributed by atoms with E-state index in [2.05, 4.69) is 13.5 Å². The van der Waals surface area contributed by atoms with E-state index in [1.807, 2.05) is 30.3 Å². The highest BCUT2D eigenvalue weighted by Gasteiger charge is 2.35. The van der Waals surface area contributed by atoms with Crippen molar-refractivity contribution in [2.45, 2.75) is 64.2 Å². The van der Waals surface area contributed by atoms with Crippen LogP contribution in [-0.2, 0) is 6.42 Å². The van der Waals surface area contributed by atoms with Gasteiger partial charge in [0.25, 0.3) is 0 Å². The Morgan fingerprint density at radius 3 is 2.28 bits per heavy atom. The van der Waals surface area contributed by atoms with Gasteiger partial charge in [0, 0.05) is 0 Å². The second-order valence-corrected chi connectivity index (χ2v) is 9.33. The van der Waals surface area contributed by atoms with E-state index >= 15 is 0 Å². The Hall–Kier alpha value is -1.96. The fourth-order valence-corrected chi connectivity index (χ4v) is 5.64. The van der Waals surface area contributed by atoms with Crippen molar-refractivity contribution in [1.82, 2.24) is 0 Å². The minimum Gasteiger partial charge on any atom is -0.206 e. The van der Waals surface area contributed by atoms with Crippen molar-refractivity contribution in [2.75, 3.05) is 0 Å². The van der Waals surface area contributed by atoms with Gasteiger partial charge in [-0.05, 0) is 97.4 Å². The molecule has 4 rings (SSSR count). The first-order valence-electron chi connectivity index (χ1n) is 11.2. The van der Waals surface area contributed by atoms with Gasteiger partial charge in [0.2, 0.25) is 0 Å². The van der Waals surface area contributed by atoms with E-state index in [0.717, 1.165) is 54.6 Å². The lowest BCUT2D eigenvalue weighted by molar-refractivity contribution is 0.124. The van der Waals surface area contributed by atoms with Gasteiger partial charge in [-0.15, -0.1) is 6.58 Å². The molecular weight excluding hydrogens is 362 g/mol. The summed E-state index contributed by atoms with van der Waals surface area (Å²) in [7, 11) is 0. The lowest BCUT2D eigenvalue weighted by Gasteiger charge is -2.41. The van der Waals surface area contributed by atoms with Crippen LogP contribution in [0.3, 0.4) is 0 Å². The molecule has 2 aliphatic rings. The van der Waals surface area contributed by atoms with Gasteiger partial charge >= 0.3 is 0 Å². The zero-order chi connectivity index (χ0) is 20.4. The third-order valence-electron chi connectivity index (χ3n) is 7.29. The molecule has 4 unspecified atom stereocenters. The highest BCUT2D eigenvalue weighted by molar-refractivity contribution is 5.65. The summed E-state index contributed by atoms with van der Waals surface area (Å²) >= 11 is 0. The highest BCUT2D eigenvalue weighted by Crippen LogP contribution is 2.48. The van der Waals surface area contributed by atoms with E-state index in [0.29, 0.717) is 11.5 Å². The fraction of sp³-hybridized carbons (Fsp3) is 0.481. The predicted molar refractivity (Wildman–Crippen MR) is 117 cm³/mol. The van der Waals surface area contributed by atoms with Crippen LogP contribution in [0.4, 0.5) is 8.78 Å². The molecule has 0 bridgehead atoms. The van der Waals surface area contributed by atoms with E-state index < -0.39 is 11.6 Å². The summed E-state index contributed by atoms with van der Waals surface area (Å²) in [5, 5.41) is 0. The van der Waals surface area contributed by atoms with Crippen molar-refractivity contribution < 1.29 is 8.78 Å². The van der Waals surface area contributed by atoms with Crippen molar-refractivity contribution in [3.05, 3.63) is 71.8 Å². The molecule has 0 radical (unpaired) electrons. The van der Waals surface area contributed by atoms with Crippen LogP contribution in [0.25, 0.3) is 11.1 Å². The molecule has 154 valence electrons. The molecule has 0 amide bonds. The Morgan fingerprint density at radius 2 is 1.59 bits per heavy atom. The van der Waals surface area contributed by atoms with E-state index in [4.69, 9.17) is 0 Å². The average Bonchev–Trinajstić information content (AvgIpc) is 2.72. The minimum absolute atomic E-state index is 0.101. The molecule has 0 spiro atoms. The monoisotopic (exact) mass is 394 g/mol. The van der Waals surface area contributed by atoms with Crippen LogP contribution in [0.15, 0.2) is 49.1 Å². The minimum atomic E-state index is -0.432. The largest absolute Gasteiger partial charge is 0.206 e. The maximum Gasteiger partial charge on any atom is 0.134 e. The van der Waals surface area contributed by atoms with E-state index in [1.165, 1.54) is 25.7 Å². The molecule has 2 fully saturated rings. The summed E-state index contributed by atoms with van der Waals surface area (Å²) < 4.78 is 30.0. The van der Waals surface area contributed by atoms with Crippen LogP contribution in [-0.4, -0.2) is 0 Å². The second-order valence-electron chi connectivity index (χ2n) is 9.33. The van der Waals surface area contributed by atoms with Crippen molar-refractivity contribution in [2.24, 2.45) is 17.8 Å². The van der Waals surface area contributed by atoms with Crippen molar-refractivity contribution >= 4 is 0 Å². The summed E-state index contributed by atoms with van der Waals surface area (Å²) in [6, 6.07) is 10.8. The molecule has 0 nitrogen and oxygen atoms in total. The number of benzene rings is 2. The molecule has 2 saturated carbocycles. The zero-order valence-electron chi connectivity index (χ0n) is 17.5. The van der Waals surface area contributed by atoms with Crippen LogP contribution >= 0.6 is 0 Å². The molecule has 2 aromatic carbocycles. The first-order valence-corrected chi connectivity index (χ1v) is 11.2. The summed E-state index contributed by atoms with van der Waals surface area (Å²) in [6.07, 6.45) is 11.0. The molecule has 0 aromatic heterocycles. The Kier molecular flexibility index (Phi) is 6.18. The number of aryl methyl sites for hydroxylation is 1. The first kappa shape index (κ1) is 20.3. The van der Waals surface area contributed by atoms with E-state index in [9.17, 15) is 8.78 Å². The van der Waals surface area contributed by atoms with Gasteiger partial charge in [-0.1, -0.05) is 43.7 Å². The maximum atomic E-state index is 15.0. The van der Waals surface area contributed by atoms with E-state index in [-0.39, 0.29) is 5.56 Å². The normalized spacial score (nSPS) is 26.7. The molecule has 0 saturated heterocycles. The lowest BCUT2D eigenvalue weighted by Crippen LogP contribution is -2.29. The number of hydrogen-bond donors (Lipinski definition) is 0. The number of hydrogen-bond acceptors (Lipinski definition) is 0. The third kappa shape index (κ3) is 4.47. The number of fused-ring (bicyclic) bond motifs is 1. The molecule has 0 N–H and O–H groups in total. The first-order chi connectivity index (χ1) is 14.0. The van der Waals surface area contributed by atoms with Crippen molar-refractivity contribution in [3.8, 4) is 11.1 Å². The molecule has 2 aliphatic carbocycles. The zero-order valence-corrected chi connectivity index (χ0v) is 17.5. The Bertz CT molecular complexity index is 828. The SMILES string of the molecule is C=CCCc1ccc(-c2c(F)cc(C3CCC4CC(C)CCC4C3)cc2F)cc1. The van der Waals surface area contributed by atoms with Crippen LogP contribution in [0.1, 0.15) is 68.9 Å². The van der Waals surface area contributed by atoms with Gasteiger partial charge in [0.15, 0.2) is 0 Å². The number of allylic oxidation sites excluding steroid dienone is 1.